The largest absolute Gasteiger partial charge is 0.472 e. The molecule has 4 N–H and O–H groups in total. The van der Waals surface area contributed by atoms with Crippen LogP contribution in [0, 0.1) is 0 Å². The predicted molar refractivity (Wildman–Crippen MR) is 380 cm³/mol. The van der Waals surface area contributed by atoms with E-state index < -0.39 is 91.5 Å². The Kier molecular flexibility index (Phi) is 65.4. The highest BCUT2D eigenvalue weighted by molar-refractivity contribution is 7.47. The summed E-state index contributed by atoms with van der Waals surface area (Å²) in [5.41, 5.74) is 0. The number of carbonyl (C=O) groups is 3. The Bertz CT molecular complexity index is 2130. The second kappa shape index (κ2) is 68.2. The molecule has 0 saturated heterocycles. The number of aliphatic hydroxyl groups excluding tert-OH is 2. The number of carbonyl (C=O) groups excluding carboxylic acids is 3. The Balaban J connectivity index is 4.62. The molecule has 0 spiro atoms. The van der Waals surface area contributed by atoms with Crippen LogP contribution in [0.2, 0.25) is 0 Å². The molecule has 0 rings (SSSR count). The second-order valence-corrected chi connectivity index (χ2v) is 26.9. The minimum atomic E-state index is -4.93. The van der Waals surface area contributed by atoms with Gasteiger partial charge in [0, 0.05) is 19.3 Å². The number of hydrogen-bond donors (Lipinski definition) is 4. The van der Waals surface area contributed by atoms with Gasteiger partial charge in [0.1, 0.15) is 25.4 Å². The number of aliphatic hydroxyl groups is 2. The maximum Gasteiger partial charge on any atom is 0.472 e. The number of phosphoric acid groups is 2. The van der Waals surface area contributed by atoms with Crippen LogP contribution >= 0.6 is 15.6 Å². The molecule has 0 aromatic heterocycles. The van der Waals surface area contributed by atoms with Gasteiger partial charge in [0.25, 0.3) is 0 Å². The standard InChI is InChI=1S/C75H130O16P2/c1-4-7-10-13-16-19-22-25-27-29-31-33-34-36-38-39-41-44-46-49-52-55-58-61-73(78)85-64-70(76)65-87-92(81,82)88-66-71(77)67-89-93(83,84)90-69-72(91-75(80)63-60-57-54-51-48-43-24-21-18-15-12-9-6-3)68-86-74(79)62-59-56-53-50-47-45-42-40-37-35-32-30-28-26-23-20-17-14-11-8-5-2/h7,10,16-17,19-20,25-28,31-33,35-36,38,40,42,70-72,76-77H,4-6,8-9,11-15,18,21-24,29-30,34,37,39,41,43-69H2,1-3H3,(H,81,82)(H,83,84)/b10-7-,19-16-,20-17-,27-25-,28-26-,33-31-,35-32-,38-36-,42-40-. The average Bonchev–Trinajstić information content (AvgIpc) is 3.75. The molecule has 0 aromatic carbocycles. The minimum absolute atomic E-state index is 0.102. The predicted octanol–water partition coefficient (Wildman–Crippen LogP) is 20.4. The summed E-state index contributed by atoms with van der Waals surface area (Å²) in [5.74, 6) is -1.60. The van der Waals surface area contributed by atoms with E-state index in [1.165, 1.54) is 77.0 Å². The number of phosphoric ester groups is 2. The van der Waals surface area contributed by atoms with Crippen molar-refractivity contribution in [3.63, 3.8) is 0 Å². The molecule has 0 aliphatic carbocycles. The summed E-state index contributed by atoms with van der Waals surface area (Å²) in [5, 5.41) is 20.6. The Morgan fingerprint density at radius 2 is 0.570 bits per heavy atom. The topological polar surface area (TPSA) is 231 Å². The summed E-state index contributed by atoms with van der Waals surface area (Å²) in [6.45, 7) is 2.51. The van der Waals surface area contributed by atoms with E-state index in [0.717, 1.165) is 154 Å². The average molecular weight is 1350 g/mol. The Hall–Kier alpha value is -3.79. The smallest absolute Gasteiger partial charge is 0.463 e. The monoisotopic (exact) mass is 1350 g/mol. The molecule has 0 bridgehead atoms. The first-order chi connectivity index (χ1) is 45.2. The van der Waals surface area contributed by atoms with Crippen LogP contribution in [0.25, 0.3) is 0 Å². The van der Waals surface area contributed by atoms with E-state index in [0.29, 0.717) is 19.3 Å². The fourth-order valence-corrected chi connectivity index (χ4v) is 11.0. The van der Waals surface area contributed by atoms with Gasteiger partial charge in [-0.1, -0.05) is 271 Å². The second-order valence-electron chi connectivity index (χ2n) is 24.0. The van der Waals surface area contributed by atoms with Crippen molar-refractivity contribution >= 4 is 33.6 Å². The normalized spacial score (nSPS) is 14.8. The van der Waals surface area contributed by atoms with Gasteiger partial charge in [-0.15, -0.1) is 0 Å². The van der Waals surface area contributed by atoms with E-state index in [-0.39, 0.29) is 19.3 Å². The van der Waals surface area contributed by atoms with Crippen molar-refractivity contribution in [2.75, 3.05) is 39.6 Å². The molecule has 16 nitrogen and oxygen atoms in total. The van der Waals surface area contributed by atoms with Gasteiger partial charge in [0.15, 0.2) is 6.10 Å². The highest BCUT2D eigenvalue weighted by Gasteiger charge is 2.29. The Morgan fingerprint density at radius 3 is 0.925 bits per heavy atom. The molecule has 93 heavy (non-hydrogen) atoms. The van der Waals surface area contributed by atoms with Crippen LogP contribution in [0.4, 0.5) is 0 Å². The van der Waals surface area contributed by atoms with Crippen LogP contribution in [0.1, 0.15) is 290 Å². The van der Waals surface area contributed by atoms with Gasteiger partial charge in [-0.05, 0) is 109 Å². The highest BCUT2D eigenvalue weighted by atomic mass is 31.2. The summed E-state index contributed by atoms with van der Waals surface area (Å²) < 4.78 is 61.0. The molecule has 5 atom stereocenters. The molecular weight excluding hydrogens is 1220 g/mol. The van der Waals surface area contributed by atoms with Crippen LogP contribution in [0.5, 0.6) is 0 Å². The molecule has 18 heteroatoms. The summed E-state index contributed by atoms with van der Waals surface area (Å²) >= 11 is 0. The lowest BCUT2D eigenvalue weighted by molar-refractivity contribution is -0.161. The van der Waals surface area contributed by atoms with E-state index in [1.54, 1.807) is 0 Å². The molecule has 0 radical (unpaired) electrons. The number of esters is 3. The lowest BCUT2D eigenvalue weighted by Crippen LogP contribution is -2.30. The molecule has 0 fully saturated rings. The zero-order valence-electron chi connectivity index (χ0n) is 58.1. The fraction of sp³-hybridized carbons (Fsp3) is 0.720. The van der Waals surface area contributed by atoms with Crippen molar-refractivity contribution in [1.82, 2.24) is 0 Å². The Morgan fingerprint density at radius 1 is 0.312 bits per heavy atom. The van der Waals surface area contributed by atoms with Crippen LogP contribution in [-0.2, 0) is 55.8 Å². The lowest BCUT2D eigenvalue weighted by Gasteiger charge is -2.21. The molecule has 536 valence electrons. The van der Waals surface area contributed by atoms with Gasteiger partial charge in [-0.2, -0.15) is 0 Å². The number of ether oxygens (including phenoxy) is 3. The molecule has 0 aromatic rings. The van der Waals surface area contributed by atoms with E-state index in [2.05, 4.69) is 130 Å². The van der Waals surface area contributed by atoms with E-state index in [4.69, 9.17) is 32.3 Å². The van der Waals surface area contributed by atoms with Gasteiger partial charge < -0.3 is 34.2 Å². The third-order valence-electron chi connectivity index (χ3n) is 15.0. The highest BCUT2D eigenvalue weighted by Crippen LogP contribution is 2.45. The molecule has 0 saturated carbocycles. The number of hydrogen-bond acceptors (Lipinski definition) is 14. The third-order valence-corrected chi connectivity index (χ3v) is 16.9. The number of rotatable bonds is 68. The maximum atomic E-state index is 12.9. The molecule has 0 aliphatic heterocycles. The van der Waals surface area contributed by atoms with Gasteiger partial charge in [0.05, 0.1) is 26.4 Å². The number of unbranched alkanes of at least 4 members (excludes halogenated alkanes) is 27. The van der Waals surface area contributed by atoms with Gasteiger partial charge in [-0.3, -0.25) is 32.5 Å². The molecule has 0 aliphatic rings. The van der Waals surface area contributed by atoms with Crippen LogP contribution < -0.4 is 0 Å². The number of allylic oxidation sites excluding steroid dienone is 18. The Labute approximate surface area is 564 Å². The van der Waals surface area contributed by atoms with Gasteiger partial charge in [-0.25, -0.2) is 9.13 Å². The molecule has 5 unspecified atom stereocenters. The van der Waals surface area contributed by atoms with Crippen LogP contribution in [0.15, 0.2) is 109 Å². The van der Waals surface area contributed by atoms with Gasteiger partial charge >= 0.3 is 33.6 Å². The van der Waals surface area contributed by atoms with Crippen molar-refractivity contribution in [2.24, 2.45) is 0 Å². The van der Waals surface area contributed by atoms with E-state index in [1.807, 2.05) is 0 Å². The lowest BCUT2D eigenvalue weighted by atomic mass is 10.0. The van der Waals surface area contributed by atoms with Gasteiger partial charge in [0.2, 0.25) is 0 Å². The minimum Gasteiger partial charge on any atom is -0.463 e. The quantitative estimate of drug-likeness (QED) is 0.0146. The summed E-state index contributed by atoms with van der Waals surface area (Å²) in [6.07, 6.45) is 77.0. The first-order valence-corrected chi connectivity index (χ1v) is 39.2. The van der Waals surface area contributed by atoms with Crippen molar-refractivity contribution in [2.45, 2.75) is 309 Å². The van der Waals surface area contributed by atoms with Crippen LogP contribution in [-0.4, -0.2) is 95.9 Å². The third kappa shape index (κ3) is 69.4. The molecule has 0 heterocycles. The first-order valence-electron chi connectivity index (χ1n) is 36.2. The SMILES string of the molecule is CC/C=C\C/C=C\C/C=C\C/C=C\C/C=C\CCCCCCCCCC(=O)OCC(O)COP(=O)(O)OCC(O)COP(=O)(O)OCC(COC(=O)CCCCCCC/C=C\C/C=C\C/C=C\C/C=C\CCCCC)OC(=O)CCCCCCCCCCCCCCC. The summed E-state index contributed by atoms with van der Waals surface area (Å²) in [7, 11) is -9.79. The molecule has 0 amide bonds. The van der Waals surface area contributed by atoms with E-state index >= 15 is 0 Å². The maximum absolute atomic E-state index is 12.9. The zero-order chi connectivity index (χ0) is 68.1. The summed E-state index contributed by atoms with van der Waals surface area (Å²) in [6, 6.07) is 0. The summed E-state index contributed by atoms with van der Waals surface area (Å²) in [4.78, 5) is 58.5. The van der Waals surface area contributed by atoms with Crippen molar-refractivity contribution in [3.05, 3.63) is 109 Å². The first kappa shape index (κ1) is 89.2. The van der Waals surface area contributed by atoms with Crippen molar-refractivity contribution in [3.8, 4) is 0 Å². The van der Waals surface area contributed by atoms with E-state index in [9.17, 15) is 43.5 Å². The van der Waals surface area contributed by atoms with Crippen molar-refractivity contribution in [1.29, 1.82) is 0 Å². The fourth-order valence-electron chi connectivity index (χ4n) is 9.46. The van der Waals surface area contributed by atoms with Crippen molar-refractivity contribution < 1.29 is 75.8 Å². The van der Waals surface area contributed by atoms with Crippen LogP contribution in [0.3, 0.4) is 0 Å². The molecular formula is C75H130O16P2. The zero-order valence-corrected chi connectivity index (χ0v) is 59.9.